The summed E-state index contributed by atoms with van der Waals surface area (Å²) in [5.74, 6) is -0.0593. The number of carbonyl (C=O) groups is 1. The van der Waals surface area contributed by atoms with Crippen LogP contribution in [0.2, 0.25) is 10.0 Å². The van der Waals surface area contributed by atoms with Crippen molar-refractivity contribution in [2.45, 2.75) is 33.1 Å². The van der Waals surface area contributed by atoms with Crippen LogP contribution in [0.3, 0.4) is 0 Å². The topological polar surface area (TPSA) is 93.8 Å². The van der Waals surface area contributed by atoms with Gasteiger partial charge in [0.05, 0.1) is 33.2 Å². The predicted molar refractivity (Wildman–Crippen MR) is 134 cm³/mol. The molecule has 1 N–H and O–H groups in total. The zero-order valence-electron chi connectivity index (χ0n) is 19.5. The van der Waals surface area contributed by atoms with Crippen LogP contribution >= 0.6 is 23.2 Å². The first-order valence-corrected chi connectivity index (χ1v) is 11.4. The van der Waals surface area contributed by atoms with Crippen LogP contribution in [0.25, 0.3) is 0 Å². The number of nitrogens with one attached hydrogen (secondary N) is 1. The van der Waals surface area contributed by atoms with Crippen LogP contribution in [0, 0.1) is 24.0 Å². The Bertz CT molecular complexity index is 1350. The fourth-order valence-corrected chi connectivity index (χ4v) is 3.84. The van der Waals surface area contributed by atoms with Crippen molar-refractivity contribution < 1.29 is 27.6 Å². The summed E-state index contributed by atoms with van der Waals surface area (Å²) in [6.45, 7) is 3.96. The molecule has 0 spiro atoms. The van der Waals surface area contributed by atoms with Gasteiger partial charge in [-0.1, -0.05) is 35.3 Å². The Kier molecular flexibility index (Phi) is 8.77. The second-order valence-electron chi connectivity index (χ2n) is 8.09. The number of rotatable bonds is 8. The molecule has 194 valence electrons. The molecule has 3 rings (SSSR count). The number of benzene rings is 3. The highest BCUT2D eigenvalue weighted by molar-refractivity contribution is 6.42. The normalized spacial score (nSPS) is 11.5. The molecule has 0 saturated carbocycles. The first-order valence-electron chi connectivity index (χ1n) is 10.7. The Balaban J connectivity index is 1.64. The molecule has 0 saturated heterocycles. The number of hydrazone groups is 1. The third-order valence-electron chi connectivity index (χ3n) is 5.21. The van der Waals surface area contributed by atoms with Crippen LogP contribution in [0.5, 0.6) is 5.75 Å². The summed E-state index contributed by atoms with van der Waals surface area (Å²) in [6, 6.07) is 10.8. The van der Waals surface area contributed by atoms with Gasteiger partial charge in [0, 0.05) is 11.6 Å². The number of nitro benzene ring substituents is 1. The number of nitro groups is 1. The van der Waals surface area contributed by atoms with E-state index in [0.717, 1.165) is 22.8 Å². The molecular formula is C25H20Cl2F3N3O4. The Morgan fingerprint density at radius 3 is 2.35 bits per heavy atom. The molecule has 0 aliphatic carbocycles. The van der Waals surface area contributed by atoms with Gasteiger partial charge >= 0.3 is 6.18 Å². The largest absolute Gasteiger partial charge is 0.488 e. The number of nitrogens with zero attached hydrogens (tertiary/aromatic N) is 2. The Morgan fingerprint density at radius 2 is 1.76 bits per heavy atom. The molecule has 0 radical (unpaired) electrons. The summed E-state index contributed by atoms with van der Waals surface area (Å²) in [6.07, 6.45) is -3.89. The van der Waals surface area contributed by atoms with E-state index in [4.69, 9.17) is 27.9 Å². The Labute approximate surface area is 220 Å². The van der Waals surface area contributed by atoms with E-state index in [-0.39, 0.29) is 12.2 Å². The third kappa shape index (κ3) is 7.43. The maximum Gasteiger partial charge on any atom is 0.416 e. The van der Waals surface area contributed by atoms with Crippen LogP contribution in [0.1, 0.15) is 33.4 Å². The van der Waals surface area contributed by atoms with E-state index >= 15 is 0 Å². The first kappa shape index (κ1) is 27.9. The second kappa shape index (κ2) is 11.6. The van der Waals surface area contributed by atoms with Gasteiger partial charge in [-0.25, -0.2) is 5.43 Å². The minimum absolute atomic E-state index is 0.166. The predicted octanol–water partition coefficient (Wildman–Crippen LogP) is 6.81. The van der Waals surface area contributed by atoms with E-state index < -0.39 is 34.7 Å². The lowest BCUT2D eigenvalue weighted by atomic mass is 10.1. The van der Waals surface area contributed by atoms with E-state index in [1.807, 2.05) is 19.9 Å². The maximum absolute atomic E-state index is 12.8. The molecule has 0 fully saturated rings. The Hall–Kier alpha value is -3.63. The van der Waals surface area contributed by atoms with Crippen molar-refractivity contribution in [1.82, 2.24) is 5.43 Å². The number of ether oxygens (including phenoxy) is 1. The van der Waals surface area contributed by atoms with Crippen molar-refractivity contribution in [2.24, 2.45) is 5.10 Å². The van der Waals surface area contributed by atoms with Gasteiger partial charge in [-0.3, -0.25) is 14.9 Å². The van der Waals surface area contributed by atoms with Gasteiger partial charge in [-0.2, -0.15) is 18.3 Å². The van der Waals surface area contributed by atoms with Crippen LogP contribution in [-0.4, -0.2) is 17.0 Å². The fourth-order valence-electron chi connectivity index (χ4n) is 3.52. The van der Waals surface area contributed by atoms with Crippen molar-refractivity contribution in [3.05, 3.63) is 102 Å². The molecule has 37 heavy (non-hydrogen) atoms. The molecule has 0 aromatic heterocycles. The number of alkyl halides is 3. The number of amides is 1. The lowest BCUT2D eigenvalue weighted by molar-refractivity contribution is -0.385. The highest BCUT2D eigenvalue weighted by Crippen LogP contribution is 2.33. The minimum atomic E-state index is -4.74. The smallest absolute Gasteiger partial charge is 0.416 e. The van der Waals surface area contributed by atoms with Crippen molar-refractivity contribution >= 4 is 41.0 Å². The van der Waals surface area contributed by atoms with Gasteiger partial charge < -0.3 is 4.74 Å². The zero-order valence-corrected chi connectivity index (χ0v) is 21.0. The van der Waals surface area contributed by atoms with E-state index in [9.17, 15) is 28.1 Å². The van der Waals surface area contributed by atoms with Gasteiger partial charge in [0.2, 0.25) is 5.91 Å². The van der Waals surface area contributed by atoms with E-state index in [2.05, 4.69) is 10.5 Å². The molecule has 0 bridgehead atoms. The van der Waals surface area contributed by atoms with Gasteiger partial charge in [-0.05, 0) is 66.4 Å². The molecule has 0 aliphatic rings. The minimum Gasteiger partial charge on any atom is -0.488 e. The molecular weight excluding hydrogens is 534 g/mol. The van der Waals surface area contributed by atoms with Crippen LogP contribution in [-0.2, 0) is 24.0 Å². The van der Waals surface area contributed by atoms with Crippen molar-refractivity contribution in [1.29, 1.82) is 0 Å². The number of hydrogen-bond donors (Lipinski definition) is 1. The molecule has 7 nitrogen and oxygen atoms in total. The standard InChI is InChI=1S/C25H20Cl2F3N3O4/c1-14-7-17(8-15(2)24(14)37-13-16-3-6-20(26)21(27)9-16)12-31-32-23(34)10-18-4-5-19(25(28,29)30)11-22(18)33(35)36/h3-9,11-12H,10,13H2,1-2H3,(H,32,34)/b31-12+. The number of carbonyl (C=O) groups excluding carboxylic acids is 1. The first-order chi connectivity index (χ1) is 17.3. The molecule has 1 amide bonds. The van der Waals surface area contributed by atoms with E-state index in [1.165, 1.54) is 6.21 Å². The summed E-state index contributed by atoms with van der Waals surface area (Å²) < 4.78 is 44.5. The highest BCUT2D eigenvalue weighted by Gasteiger charge is 2.33. The quantitative estimate of drug-likeness (QED) is 0.188. The molecule has 0 heterocycles. The average Bonchev–Trinajstić information content (AvgIpc) is 2.80. The zero-order chi connectivity index (χ0) is 27.3. The number of hydrogen-bond acceptors (Lipinski definition) is 5. The summed E-state index contributed by atoms with van der Waals surface area (Å²) in [5.41, 5.74) is 3.22. The summed E-state index contributed by atoms with van der Waals surface area (Å²) >= 11 is 12.0. The van der Waals surface area contributed by atoms with Gasteiger partial charge in [-0.15, -0.1) is 0 Å². The van der Waals surface area contributed by atoms with Gasteiger partial charge in [0.15, 0.2) is 0 Å². The monoisotopic (exact) mass is 553 g/mol. The molecule has 0 atom stereocenters. The summed E-state index contributed by atoms with van der Waals surface area (Å²) in [7, 11) is 0. The van der Waals surface area contributed by atoms with Crippen LogP contribution in [0.4, 0.5) is 18.9 Å². The van der Waals surface area contributed by atoms with Crippen LogP contribution in [0.15, 0.2) is 53.6 Å². The van der Waals surface area contributed by atoms with Crippen molar-refractivity contribution in [3.63, 3.8) is 0 Å². The lowest BCUT2D eigenvalue weighted by Gasteiger charge is -2.13. The second-order valence-corrected chi connectivity index (χ2v) is 8.90. The number of aryl methyl sites for hydroxylation is 2. The molecule has 3 aromatic rings. The Morgan fingerprint density at radius 1 is 1.08 bits per heavy atom. The van der Waals surface area contributed by atoms with Gasteiger partial charge in [0.1, 0.15) is 12.4 Å². The molecule has 0 aliphatic heterocycles. The van der Waals surface area contributed by atoms with Crippen LogP contribution < -0.4 is 10.2 Å². The summed E-state index contributed by atoms with van der Waals surface area (Å²) in [5, 5.41) is 15.9. The molecule has 3 aromatic carbocycles. The number of halogens is 5. The van der Waals surface area contributed by atoms with E-state index in [1.54, 1.807) is 24.3 Å². The third-order valence-corrected chi connectivity index (χ3v) is 5.95. The molecule has 0 unspecified atom stereocenters. The lowest BCUT2D eigenvalue weighted by Crippen LogP contribution is -2.20. The SMILES string of the molecule is Cc1cc(/C=N/NC(=O)Cc2ccc(C(F)(F)F)cc2[N+](=O)[O-])cc(C)c1OCc1ccc(Cl)c(Cl)c1. The van der Waals surface area contributed by atoms with Gasteiger partial charge in [0.25, 0.3) is 5.69 Å². The summed E-state index contributed by atoms with van der Waals surface area (Å²) in [4.78, 5) is 22.4. The van der Waals surface area contributed by atoms with Crippen molar-refractivity contribution in [2.75, 3.05) is 0 Å². The molecule has 12 heteroatoms. The fraction of sp³-hybridized carbons (Fsp3) is 0.200. The van der Waals surface area contributed by atoms with Crippen molar-refractivity contribution in [3.8, 4) is 5.75 Å². The highest BCUT2D eigenvalue weighted by atomic mass is 35.5. The average molecular weight is 554 g/mol. The van der Waals surface area contributed by atoms with E-state index in [0.29, 0.717) is 33.5 Å². The maximum atomic E-state index is 12.8.